The van der Waals surface area contributed by atoms with E-state index in [2.05, 4.69) is 5.10 Å². The molecule has 7 heteroatoms. The van der Waals surface area contributed by atoms with E-state index in [9.17, 15) is 4.79 Å². The number of halogens is 2. The molecule has 0 unspecified atom stereocenters. The quantitative estimate of drug-likeness (QED) is 0.656. The fourth-order valence-electron chi connectivity index (χ4n) is 2.09. The third kappa shape index (κ3) is 3.32. The standard InChI is InChI=1S/C15H13Cl2N3OS/c16-12-5-4-11(13(17)9-12)10-22-8-7-20-15(21)19-6-2-1-3-14(19)18-20/h1-6,9H,7-8,10H2. The zero-order chi connectivity index (χ0) is 15.5. The molecular weight excluding hydrogens is 341 g/mol. The third-order valence-corrected chi connectivity index (χ3v) is 4.78. The van der Waals surface area contributed by atoms with E-state index in [0.29, 0.717) is 22.2 Å². The normalized spacial score (nSPS) is 11.2. The Morgan fingerprint density at radius 3 is 2.82 bits per heavy atom. The van der Waals surface area contributed by atoms with Crippen LogP contribution in [0.25, 0.3) is 5.65 Å². The lowest BCUT2D eigenvalue weighted by atomic mass is 10.2. The predicted octanol–water partition coefficient (Wildman–Crippen LogP) is 3.74. The van der Waals surface area contributed by atoms with E-state index in [4.69, 9.17) is 23.2 Å². The Morgan fingerprint density at radius 1 is 1.18 bits per heavy atom. The van der Waals surface area contributed by atoms with Crippen molar-refractivity contribution in [1.29, 1.82) is 0 Å². The number of rotatable bonds is 5. The maximum absolute atomic E-state index is 12.1. The maximum Gasteiger partial charge on any atom is 0.350 e. The van der Waals surface area contributed by atoms with Crippen LogP contribution in [0.2, 0.25) is 10.0 Å². The van der Waals surface area contributed by atoms with Crippen molar-refractivity contribution in [2.75, 3.05) is 5.75 Å². The number of fused-ring (bicyclic) bond motifs is 1. The van der Waals surface area contributed by atoms with Gasteiger partial charge >= 0.3 is 5.69 Å². The Bertz CT molecular complexity index is 859. The van der Waals surface area contributed by atoms with Crippen LogP contribution < -0.4 is 5.69 Å². The van der Waals surface area contributed by atoms with Gasteiger partial charge in [-0.2, -0.15) is 11.8 Å². The first-order valence-electron chi connectivity index (χ1n) is 6.71. The summed E-state index contributed by atoms with van der Waals surface area (Å²) in [5.74, 6) is 1.56. The largest absolute Gasteiger partial charge is 0.350 e. The van der Waals surface area contributed by atoms with Gasteiger partial charge in [0.2, 0.25) is 0 Å². The van der Waals surface area contributed by atoms with Crippen LogP contribution in [0.3, 0.4) is 0 Å². The summed E-state index contributed by atoms with van der Waals surface area (Å²) in [5.41, 5.74) is 1.59. The lowest BCUT2D eigenvalue weighted by Crippen LogP contribution is -2.22. The second-order valence-electron chi connectivity index (χ2n) is 4.72. The number of thioether (sulfide) groups is 1. The van der Waals surface area contributed by atoms with Gasteiger partial charge in [0.1, 0.15) is 0 Å². The van der Waals surface area contributed by atoms with Gasteiger partial charge in [0.05, 0.1) is 6.54 Å². The molecule has 0 N–H and O–H groups in total. The Kier molecular flexibility index (Phi) is 4.76. The first-order valence-corrected chi connectivity index (χ1v) is 8.62. The number of benzene rings is 1. The molecule has 0 spiro atoms. The van der Waals surface area contributed by atoms with Gasteiger partial charge in [0.15, 0.2) is 5.65 Å². The average Bonchev–Trinajstić information content (AvgIpc) is 2.82. The van der Waals surface area contributed by atoms with Crippen molar-refractivity contribution in [3.63, 3.8) is 0 Å². The van der Waals surface area contributed by atoms with Crippen LogP contribution in [0.4, 0.5) is 0 Å². The van der Waals surface area contributed by atoms with E-state index in [0.717, 1.165) is 17.1 Å². The molecule has 0 aliphatic rings. The topological polar surface area (TPSA) is 39.3 Å². The minimum atomic E-state index is -0.110. The second kappa shape index (κ2) is 6.77. The summed E-state index contributed by atoms with van der Waals surface area (Å²) in [4.78, 5) is 12.1. The Balaban J connectivity index is 1.60. The number of pyridine rings is 1. The van der Waals surface area contributed by atoms with Crippen LogP contribution >= 0.6 is 35.0 Å². The van der Waals surface area contributed by atoms with Crippen LogP contribution in [0.15, 0.2) is 47.4 Å². The van der Waals surface area contributed by atoms with Gasteiger partial charge < -0.3 is 0 Å². The summed E-state index contributed by atoms with van der Waals surface area (Å²) in [7, 11) is 0. The molecule has 0 radical (unpaired) electrons. The molecule has 0 aliphatic carbocycles. The van der Waals surface area contributed by atoms with Crippen LogP contribution in [0.5, 0.6) is 0 Å². The van der Waals surface area contributed by atoms with Crippen LogP contribution in [-0.2, 0) is 12.3 Å². The molecular formula is C15H13Cl2N3OS. The minimum Gasteiger partial charge on any atom is -0.250 e. The van der Waals surface area contributed by atoms with Crippen molar-refractivity contribution in [3.8, 4) is 0 Å². The Morgan fingerprint density at radius 2 is 2.05 bits per heavy atom. The van der Waals surface area contributed by atoms with Crippen molar-refractivity contribution >= 4 is 40.6 Å². The van der Waals surface area contributed by atoms with Gasteiger partial charge in [0.25, 0.3) is 0 Å². The molecule has 2 aromatic heterocycles. The molecule has 22 heavy (non-hydrogen) atoms. The van der Waals surface area contributed by atoms with Crippen molar-refractivity contribution < 1.29 is 0 Å². The molecule has 4 nitrogen and oxygen atoms in total. The van der Waals surface area contributed by atoms with E-state index >= 15 is 0 Å². The van der Waals surface area contributed by atoms with Crippen molar-refractivity contribution in [2.45, 2.75) is 12.3 Å². The van der Waals surface area contributed by atoms with Crippen molar-refractivity contribution in [1.82, 2.24) is 14.2 Å². The number of hydrogen-bond acceptors (Lipinski definition) is 3. The minimum absolute atomic E-state index is 0.110. The molecule has 1 aromatic carbocycles. The summed E-state index contributed by atoms with van der Waals surface area (Å²) in [6.07, 6.45) is 1.72. The summed E-state index contributed by atoms with van der Waals surface area (Å²) in [6.45, 7) is 0.566. The molecule has 0 aliphatic heterocycles. The van der Waals surface area contributed by atoms with Crippen LogP contribution in [-0.4, -0.2) is 19.9 Å². The average molecular weight is 354 g/mol. The Hall–Kier alpha value is -1.43. The number of nitrogens with zero attached hydrogens (tertiary/aromatic N) is 3. The first kappa shape index (κ1) is 15.5. The highest BCUT2D eigenvalue weighted by atomic mass is 35.5. The number of hydrogen-bond donors (Lipinski definition) is 0. The van der Waals surface area contributed by atoms with Crippen molar-refractivity contribution in [3.05, 3.63) is 68.7 Å². The molecule has 114 valence electrons. The first-order chi connectivity index (χ1) is 10.6. The Labute approximate surface area is 141 Å². The molecule has 2 heterocycles. The lowest BCUT2D eigenvalue weighted by Gasteiger charge is -2.04. The number of aromatic nitrogens is 3. The van der Waals surface area contributed by atoms with E-state index in [1.165, 1.54) is 4.68 Å². The van der Waals surface area contributed by atoms with E-state index in [1.54, 1.807) is 28.4 Å². The van der Waals surface area contributed by atoms with E-state index in [1.807, 2.05) is 30.3 Å². The SMILES string of the molecule is O=c1n(CCSCc2ccc(Cl)cc2Cl)nc2ccccn12. The second-order valence-corrected chi connectivity index (χ2v) is 6.67. The zero-order valence-corrected chi connectivity index (χ0v) is 13.9. The van der Waals surface area contributed by atoms with Gasteiger partial charge in [-0.3, -0.25) is 4.40 Å². The fraction of sp³-hybridized carbons (Fsp3) is 0.200. The van der Waals surface area contributed by atoms with Crippen LogP contribution in [0.1, 0.15) is 5.56 Å². The molecule has 3 rings (SSSR count). The van der Waals surface area contributed by atoms with Crippen molar-refractivity contribution in [2.24, 2.45) is 0 Å². The van der Waals surface area contributed by atoms with E-state index < -0.39 is 0 Å². The molecule has 0 atom stereocenters. The van der Waals surface area contributed by atoms with Gasteiger partial charge in [-0.1, -0.05) is 35.3 Å². The smallest absolute Gasteiger partial charge is 0.250 e. The van der Waals surface area contributed by atoms with Gasteiger partial charge in [0, 0.05) is 27.7 Å². The molecule has 0 saturated carbocycles. The molecule has 3 aromatic rings. The molecule has 0 amide bonds. The molecule has 0 fully saturated rings. The molecule has 0 saturated heterocycles. The van der Waals surface area contributed by atoms with Gasteiger partial charge in [-0.15, -0.1) is 5.10 Å². The highest BCUT2D eigenvalue weighted by Crippen LogP contribution is 2.24. The summed E-state index contributed by atoms with van der Waals surface area (Å²) < 4.78 is 3.03. The highest BCUT2D eigenvalue weighted by Gasteiger charge is 2.06. The summed E-state index contributed by atoms with van der Waals surface area (Å²) in [6, 6.07) is 11.0. The van der Waals surface area contributed by atoms with E-state index in [-0.39, 0.29) is 5.69 Å². The summed E-state index contributed by atoms with van der Waals surface area (Å²) >= 11 is 13.7. The van der Waals surface area contributed by atoms with Gasteiger partial charge in [-0.25, -0.2) is 9.48 Å². The highest BCUT2D eigenvalue weighted by molar-refractivity contribution is 7.98. The summed E-state index contributed by atoms with van der Waals surface area (Å²) in [5, 5.41) is 5.60. The lowest BCUT2D eigenvalue weighted by molar-refractivity contribution is 0.639. The fourth-order valence-corrected chi connectivity index (χ4v) is 3.56. The zero-order valence-electron chi connectivity index (χ0n) is 11.6. The predicted molar refractivity (Wildman–Crippen MR) is 92.1 cm³/mol. The van der Waals surface area contributed by atoms with Gasteiger partial charge in [-0.05, 0) is 29.8 Å². The molecule has 0 bridgehead atoms. The maximum atomic E-state index is 12.1. The monoisotopic (exact) mass is 353 g/mol. The number of aryl methyl sites for hydroxylation is 1. The third-order valence-electron chi connectivity index (χ3n) is 3.21. The van der Waals surface area contributed by atoms with Crippen LogP contribution in [0, 0.1) is 0 Å².